The molecule has 0 saturated carbocycles. The molecular formula is C25H16ClF3N6O2S. The lowest BCUT2D eigenvalue weighted by atomic mass is 10.0. The minimum absolute atomic E-state index is 0.109. The van der Waals surface area contributed by atoms with E-state index < -0.39 is 51.9 Å². The molecule has 2 heterocycles. The van der Waals surface area contributed by atoms with Crippen molar-refractivity contribution in [1.82, 2.24) is 19.9 Å². The van der Waals surface area contributed by atoms with Crippen molar-refractivity contribution in [3.8, 4) is 0 Å². The second-order valence-electron chi connectivity index (χ2n) is 7.62. The Balaban J connectivity index is 1.62. The lowest BCUT2D eigenvalue weighted by Crippen LogP contribution is -2.19. The zero-order valence-electron chi connectivity index (χ0n) is 19.2. The quantitative estimate of drug-likeness (QED) is 0.132. The fraction of sp³-hybridized carbons (Fsp3) is 0.0800. The summed E-state index contributed by atoms with van der Waals surface area (Å²) >= 11 is 6.64. The molecule has 4 rings (SSSR count). The van der Waals surface area contributed by atoms with Crippen LogP contribution in [0.5, 0.6) is 0 Å². The normalized spacial score (nSPS) is 11.6. The number of nitrogens with one attached hydrogen (secondary N) is 2. The number of hydrogen-bond acceptors (Lipinski definition) is 8. The summed E-state index contributed by atoms with van der Waals surface area (Å²) in [5, 5.41) is 9.09. The molecule has 2 aromatic carbocycles. The van der Waals surface area contributed by atoms with Gasteiger partial charge >= 0.3 is 0 Å². The van der Waals surface area contributed by atoms with E-state index in [1.165, 1.54) is 49.1 Å². The van der Waals surface area contributed by atoms with Gasteiger partial charge in [0.2, 0.25) is 11.2 Å². The minimum atomic E-state index is -1.24. The Kier molecular flexibility index (Phi) is 8.44. The summed E-state index contributed by atoms with van der Waals surface area (Å²) in [4.78, 5) is 41.8. The van der Waals surface area contributed by atoms with Crippen molar-refractivity contribution in [2.45, 2.75) is 11.7 Å². The van der Waals surface area contributed by atoms with Gasteiger partial charge in [-0.05, 0) is 41.9 Å². The van der Waals surface area contributed by atoms with Crippen molar-refractivity contribution in [1.29, 1.82) is 5.41 Å². The highest BCUT2D eigenvalue weighted by Gasteiger charge is 2.30. The predicted molar refractivity (Wildman–Crippen MR) is 136 cm³/mol. The second kappa shape index (κ2) is 11.9. The molecule has 0 fully saturated rings. The molecule has 1 atom stereocenters. The van der Waals surface area contributed by atoms with Crippen LogP contribution in [0.3, 0.4) is 0 Å². The molecule has 0 bridgehead atoms. The number of rotatable bonds is 8. The molecule has 4 aromatic rings. The van der Waals surface area contributed by atoms with Crippen LogP contribution in [0.25, 0.3) is 0 Å². The maximum Gasteiger partial charge on any atom is 0.229 e. The first-order chi connectivity index (χ1) is 18.2. The fourth-order valence-corrected chi connectivity index (χ4v) is 4.45. The topological polar surface area (TPSA) is 122 Å². The number of Topliss-reactive ketones (excluding diaryl/α,β-unsaturated/α-hetero) is 1. The number of ketones is 1. The number of anilines is 1. The molecule has 2 aromatic heterocycles. The van der Waals surface area contributed by atoms with Gasteiger partial charge in [0.25, 0.3) is 0 Å². The summed E-state index contributed by atoms with van der Waals surface area (Å²) in [5.41, 5.74) is -0.975. The first kappa shape index (κ1) is 26.9. The molecule has 38 heavy (non-hydrogen) atoms. The zero-order valence-corrected chi connectivity index (χ0v) is 20.7. The lowest BCUT2D eigenvalue weighted by molar-refractivity contribution is -0.115. The summed E-state index contributed by atoms with van der Waals surface area (Å²) in [7, 11) is 0. The summed E-state index contributed by atoms with van der Waals surface area (Å²) in [6.45, 7) is 0. The molecule has 13 heteroatoms. The Hall–Kier alpha value is -4.16. The third-order valence-corrected chi connectivity index (χ3v) is 6.44. The molecule has 2 N–H and O–H groups in total. The second-order valence-corrected chi connectivity index (χ2v) is 9.08. The highest BCUT2D eigenvalue weighted by atomic mass is 35.5. The average molecular weight is 557 g/mol. The third kappa shape index (κ3) is 6.21. The smallest absolute Gasteiger partial charge is 0.229 e. The summed E-state index contributed by atoms with van der Waals surface area (Å²) in [5.74, 6) is -4.59. The number of carbonyl (C=O) groups is 2. The Morgan fingerprint density at radius 1 is 1.00 bits per heavy atom. The molecule has 192 valence electrons. The first-order valence-corrected chi connectivity index (χ1v) is 12.1. The van der Waals surface area contributed by atoms with E-state index in [9.17, 15) is 18.4 Å². The third-order valence-electron chi connectivity index (χ3n) is 5.12. The molecular weight excluding hydrogens is 541 g/mol. The van der Waals surface area contributed by atoms with Crippen molar-refractivity contribution < 1.29 is 22.8 Å². The SMILES string of the molecule is N=C(SC(C(=O)c1cccc(NC(=O)Cc2c(F)cccc2F)c1F)c1ccnc(Cl)n1)c1cnccn1. The van der Waals surface area contributed by atoms with Gasteiger partial charge in [-0.25, -0.2) is 23.1 Å². The van der Waals surface area contributed by atoms with Gasteiger partial charge in [0.15, 0.2) is 11.6 Å². The molecule has 1 amide bonds. The predicted octanol–water partition coefficient (Wildman–Crippen LogP) is 5.20. The van der Waals surface area contributed by atoms with Gasteiger partial charge < -0.3 is 5.32 Å². The van der Waals surface area contributed by atoms with Crippen LogP contribution < -0.4 is 5.32 Å². The van der Waals surface area contributed by atoms with Gasteiger partial charge in [-0.3, -0.25) is 25.0 Å². The highest BCUT2D eigenvalue weighted by Crippen LogP contribution is 2.35. The van der Waals surface area contributed by atoms with E-state index in [0.29, 0.717) is 0 Å². The van der Waals surface area contributed by atoms with Gasteiger partial charge in [-0.2, -0.15) is 0 Å². The van der Waals surface area contributed by atoms with Crippen LogP contribution in [0.15, 0.2) is 67.3 Å². The number of amides is 1. The summed E-state index contributed by atoms with van der Waals surface area (Å²) in [6, 6.07) is 8.29. The molecule has 0 spiro atoms. The number of benzene rings is 2. The van der Waals surface area contributed by atoms with Crippen molar-refractivity contribution in [3.05, 3.63) is 113 Å². The van der Waals surface area contributed by atoms with Crippen molar-refractivity contribution in [2.75, 3.05) is 5.32 Å². The van der Waals surface area contributed by atoms with E-state index in [1.807, 2.05) is 0 Å². The van der Waals surface area contributed by atoms with Crippen LogP contribution in [0.4, 0.5) is 18.9 Å². The first-order valence-electron chi connectivity index (χ1n) is 10.8. The van der Waals surface area contributed by atoms with Crippen LogP contribution in [0.2, 0.25) is 5.28 Å². The molecule has 0 radical (unpaired) electrons. The number of carbonyl (C=O) groups excluding carboxylic acids is 2. The number of thioether (sulfide) groups is 1. The minimum Gasteiger partial charge on any atom is -0.323 e. The highest BCUT2D eigenvalue weighted by molar-refractivity contribution is 8.15. The van der Waals surface area contributed by atoms with Crippen LogP contribution in [0.1, 0.15) is 32.6 Å². The Morgan fingerprint density at radius 2 is 1.74 bits per heavy atom. The van der Waals surface area contributed by atoms with E-state index >= 15 is 4.39 Å². The number of aromatic nitrogens is 4. The van der Waals surface area contributed by atoms with E-state index in [-0.39, 0.29) is 27.4 Å². The summed E-state index contributed by atoms with van der Waals surface area (Å²) in [6.07, 6.45) is 4.75. The van der Waals surface area contributed by atoms with Crippen molar-refractivity contribution in [2.24, 2.45) is 0 Å². The standard InChI is InChI=1S/C25H16ClF3N6O2S/c26-25-33-8-7-18(35-25)23(38-24(30)19-12-31-9-10-32-19)22(37)13-3-1-6-17(21(13)29)34-20(36)11-14-15(27)4-2-5-16(14)28/h1-10,12,23,30H,11H2,(H,34,36). The molecule has 0 saturated heterocycles. The van der Waals surface area contributed by atoms with E-state index in [4.69, 9.17) is 17.0 Å². The van der Waals surface area contributed by atoms with Crippen LogP contribution >= 0.6 is 23.4 Å². The largest absolute Gasteiger partial charge is 0.323 e. The number of hydrogen-bond donors (Lipinski definition) is 2. The molecule has 0 aliphatic rings. The monoisotopic (exact) mass is 556 g/mol. The van der Waals surface area contributed by atoms with E-state index in [2.05, 4.69) is 25.3 Å². The van der Waals surface area contributed by atoms with Crippen molar-refractivity contribution in [3.63, 3.8) is 0 Å². The van der Waals surface area contributed by atoms with E-state index in [0.717, 1.165) is 30.0 Å². The van der Waals surface area contributed by atoms with Crippen molar-refractivity contribution >= 4 is 45.8 Å². The van der Waals surface area contributed by atoms with Crippen LogP contribution in [-0.4, -0.2) is 36.7 Å². The van der Waals surface area contributed by atoms with Crippen LogP contribution in [0, 0.1) is 22.9 Å². The Morgan fingerprint density at radius 3 is 2.42 bits per heavy atom. The van der Waals surface area contributed by atoms with Crippen LogP contribution in [-0.2, 0) is 11.2 Å². The van der Waals surface area contributed by atoms with E-state index in [1.54, 1.807) is 0 Å². The van der Waals surface area contributed by atoms with Gasteiger partial charge in [0, 0.05) is 24.2 Å². The van der Waals surface area contributed by atoms with Gasteiger partial charge in [0.1, 0.15) is 27.6 Å². The summed E-state index contributed by atoms with van der Waals surface area (Å²) < 4.78 is 43.3. The number of nitrogens with zero attached hydrogens (tertiary/aromatic N) is 4. The Labute approximate surface area is 223 Å². The molecule has 0 aliphatic carbocycles. The maximum absolute atomic E-state index is 15.5. The fourth-order valence-electron chi connectivity index (χ4n) is 3.35. The zero-order chi connectivity index (χ0) is 27.2. The lowest BCUT2D eigenvalue weighted by Gasteiger charge is -2.17. The van der Waals surface area contributed by atoms with Gasteiger partial charge in [-0.15, -0.1) is 0 Å². The molecule has 0 aliphatic heterocycles. The maximum atomic E-state index is 15.5. The number of halogens is 4. The van der Waals surface area contributed by atoms with Gasteiger partial charge in [-0.1, -0.05) is 23.9 Å². The molecule has 1 unspecified atom stereocenters. The molecule has 8 nitrogen and oxygen atoms in total. The average Bonchev–Trinajstić information content (AvgIpc) is 2.90. The Bertz CT molecular complexity index is 1510. The van der Waals surface area contributed by atoms with Gasteiger partial charge in [0.05, 0.1) is 29.6 Å².